The fourth-order valence-corrected chi connectivity index (χ4v) is 2.26. The van der Waals surface area contributed by atoms with E-state index in [9.17, 15) is 9.18 Å². The highest BCUT2D eigenvalue weighted by atomic mass is 19.1. The fourth-order valence-electron chi connectivity index (χ4n) is 2.26. The minimum Gasteiger partial charge on any atom is -0.481 e. The van der Waals surface area contributed by atoms with Crippen LogP contribution in [0.2, 0.25) is 0 Å². The highest BCUT2D eigenvalue weighted by molar-refractivity contribution is 5.94. The van der Waals surface area contributed by atoms with E-state index in [-0.39, 0.29) is 17.5 Å². The zero-order valence-electron chi connectivity index (χ0n) is 13.9. The Morgan fingerprint density at radius 1 is 1.13 bits per heavy atom. The molecule has 0 spiro atoms. The third-order valence-electron chi connectivity index (χ3n) is 3.60. The Hall–Kier alpha value is -2.36. The number of benzene rings is 2. The molecular formula is C19H22FNO2. The third kappa shape index (κ3) is 4.31. The van der Waals surface area contributed by atoms with Crippen LogP contribution in [0.25, 0.3) is 0 Å². The van der Waals surface area contributed by atoms with Gasteiger partial charge in [0.15, 0.2) is 6.10 Å². The maximum absolute atomic E-state index is 13.6. The molecule has 0 radical (unpaired) electrons. The second-order valence-corrected chi connectivity index (χ2v) is 5.93. The Morgan fingerprint density at radius 3 is 2.48 bits per heavy atom. The highest BCUT2D eigenvalue weighted by Gasteiger charge is 2.18. The molecule has 0 fully saturated rings. The van der Waals surface area contributed by atoms with Crippen molar-refractivity contribution in [3.63, 3.8) is 0 Å². The molecule has 2 rings (SSSR count). The molecule has 3 nitrogen and oxygen atoms in total. The van der Waals surface area contributed by atoms with E-state index in [1.165, 1.54) is 12.1 Å². The van der Waals surface area contributed by atoms with Gasteiger partial charge in [-0.05, 0) is 49.1 Å². The Kier molecular flexibility index (Phi) is 5.37. The maximum Gasteiger partial charge on any atom is 0.265 e. The van der Waals surface area contributed by atoms with Crippen LogP contribution < -0.4 is 10.1 Å². The first-order valence-electron chi connectivity index (χ1n) is 7.71. The Labute approximate surface area is 136 Å². The second-order valence-electron chi connectivity index (χ2n) is 5.93. The average Bonchev–Trinajstić information content (AvgIpc) is 2.49. The predicted octanol–water partition coefficient (Wildman–Crippen LogP) is 4.66. The summed E-state index contributed by atoms with van der Waals surface area (Å²) < 4.78 is 19.4. The number of ether oxygens (including phenoxy) is 1. The molecule has 0 saturated carbocycles. The largest absolute Gasteiger partial charge is 0.481 e. The molecule has 0 aliphatic heterocycles. The molecule has 0 aliphatic carbocycles. The lowest BCUT2D eigenvalue weighted by Crippen LogP contribution is -2.30. The fraction of sp³-hybridized carbons (Fsp3) is 0.316. The van der Waals surface area contributed by atoms with Crippen molar-refractivity contribution in [1.29, 1.82) is 0 Å². The molecule has 2 aromatic rings. The summed E-state index contributed by atoms with van der Waals surface area (Å²) in [6.45, 7) is 7.77. The first-order chi connectivity index (χ1) is 10.9. The van der Waals surface area contributed by atoms with Gasteiger partial charge in [-0.15, -0.1) is 0 Å². The van der Waals surface area contributed by atoms with E-state index in [4.69, 9.17) is 4.74 Å². The van der Waals surface area contributed by atoms with Gasteiger partial charge in [0.2, 0.25) is 0 Å². The molecule has 0 aromatic heterocycles. The molecule has 0 aliphatic rings. The van der Waals surface area contributed by atoms with Crippen LogP contribution in [-0.2, 0) is 4.79 Å². The summed E-state index contributed by atoms with van der Waals surface area (Å²) in [6, 6.07) is 12.0. The van der Waals surface area contributed by atoms with Gasteiger partial charge in [0.05, 0.1) is 5.69 Å². The van der Waals surface area contributed by atoms with E-state index in [1.807, 2.05) is 25.1 Å². The highest BCUT2D eigenvalue weighted by Crippen LogP contribution is 2.28. The zero-order chi connectivity index (χ0) is 17.0. The van der Waals surface area contributed by atoms with Gasteiger partial charge in [0.25, 0.3) is 5.91 Å². The van der Waals surface area contributed by atoms with Crippen LogP contribution in [0.5, 0.6) is 5.75 Å². The maximum atomic E-state index is 13.6. The lowest BCUT2D eigenvalue weighted by atomic mass is 10.0. The number of hydrogen-bond donors (Lipinski definition) is 1. The molecule has 1 amide bonds. The monoisotopic (exact) mass is 315 g/mol. The number of halogens is 1. The molecule has 1 unspecified atom stereocenters. The quantitative estimate of drug-likeness (QED) is 0.871. The van der Waals surface area contributed by atoms with E-state index in [1.54, 1.807) is 19.1 Å². The van der Waals surface area contributed by atoms with Gasteiger partial charge in [-0.25, -0.2) is 4.39 Å². The Balaban J connectivity index is 2.13. The minimum absolute atomic E-state index is 0.154. The van der Waals surface area contributed by atoms with Crippen LogP contribution in [0.4, 0.5) is 10.1 Å². The summed E-state index contributed by atoms with van der Waals surface area (Å²) in [4.78, 5) is 12.2. The van der Waals surface area contributed by atoms with E-state index in [2.05, 4.69) is 19.2 Å². The number of nitrogens with one attached hydrogen (secondary N) is 1. The van der Waals surface area contributed by atoms with E-state index in [0.717, 1.165) is 11.1 Å². The standard InChI is InChI=1S/C19H22FNO2/c1-12(2)15-10-9-13(3)11-18(15)23-14(4)19(22)21-17-8-6-5-7-16(17)20/h5-12,14H,1-4H3,(H,21,22). The number of hydrogen-bond acceptors (Lipinski definition) is 2. The summed E-state index contributed by atoms with van der Waals surface area (Å²) in [5.74, 6) is 0.126. The molecule has 2 aromatic carbocycles. The first kappa shape index (κ1) is 17.0. The number of anilines is 1. The molecule has 1 atom stereocenters. The average molecular weight is 315 g/mol. The van der Waals surface area contributed by atoms with Crippen LogP contribution in [0.15, 0.2) is 42.5 Å². The third-order valence-corrected chi connectivity index (χ3v) is 3.60. The van der Waals surface area contributed by atoms with Gasteiger partial charge in [-0.3, -0.25) is 4.79 Å². The Bertz CT molecular complexity index is 698. The summed E-state index contributed by atoms with van der Waals surface area (Å²) in [5.41, 5.74) is 2.26. The van der Waals surface area contributed by atoms with Gasteiger partial charge in [0.1, 0.15) is 11.6 Å². The summed E-state index contributed by atoms with van der Waals surface area (Å²) in [5, 5.41) is 2.55. The van der Waals surface area contributed by atoms with Crippen molar-refractivity contribution in [2.75, 3.05) is 5.32 Å². The molecule has 122 valence electrons. The molecule has 4 heteroatoms. The van der Waals surface area contributed by atoms with Crippen molar-refractivity contribution < 1.29 is 13.9 Å². The number of carbonyl (C=O) groups is 1. The predicted molar refractivity (Wildman–Crippen MR) is 90.4 cm³/mol. The number of carbonyl (C=O) groups excluding carboxylic acids is 1. The second kappa shape index (κ2) is 7.27. The van der Waals surface area contributed by atoms with Crippen molar-refractivity contribution >= 4 is 11.6 Å². The molecule has 1 N–H and O–H groups in total. The van der Waals surface area contributed by atoms with Crippen LogP contribution in [0.1, 0.15) is 37.8 Å². The number of amides is 1. The Morgan fingerprint density at radius 2 is 1.83 bits per heavy atom. The van der Waals surface area contributed by atoms with E-state index in [0.29, 0.717) is 5.75 Å². The van der Waals surface area contributed by atoms with Gasteiger partial charge in [-0.1, -0.05) is 38.1 Å². The topological polar surface area (TPSA) is 38.3 Å². The van der Waals surface area contributed by atoms with Gasteiger partial charge in [-0.2, -0.15) is 0 Å². The number of aryl methyl sites for hydroxylation is 1. The van der Waals surface area contributed by atoms with Gasteiger partial charge in [0, 0.05) is 0 Å². The number of rotatable bonds is 5. The summed E-state index contributed by atoms with van der Waals surface area (Å²) >= 11 is 0. The van der Waals surface area contributed by atoms with Gasteiger partial charge < -0.3 is 10.1 Å². The van der Waals surface area contributed by atoms with Gasteiger partial charge >= 0.3 is 0 Å². The van der Waals surface area contributed by atoms with Crippen LogP contribution in [0.3, 0.4) is 0 Å². The van der Waals surface area contributed by atoms with Crippen molar-refractivity contribution in [3.8, 4) is 5.75 Å². The number of para-hydroxylation sites is 1. The molecule has 23 heavy (non-hydrogen) atoms. The summed E-state index contributed by atoms with van der Waals surface area (Å²) in [6.07, 6.45) is -0.728. The van der Waals surface area contributed by atoms with Crippen LogP contribution in [0, 0.1) is 12.7 Å². The molecule has 0 saturated heterocycles. The van der Waals surface area contributed by atoms with Crippen LogP contribution in [-0.4, -0.2) is 12.0 Å². The van der Waals surface area contributed by atoms with Crippen molar-refractivity contribution in [3.05, 3.63) is 59.4 Å². The van der Waals surface area contributed by atoms with Crippen molar-refractivity contribution in [1.82, 2.24) is 0 Å². The lowest BCUT2D eigenvalue weighted by Gasteiger charge is -2.19. The molecule has 0 bridgehead atoms. The van der Waals surface area contributed by atoms with E-state index < -0.39 is 11.9 Å². The first-order valence-corrected chi connectivity index (χ1v) is 7.71. The normalized spacial score (nSPS) is 12.1. The van der Waals surface area contributed by atoms with Crippen molar-refractivity contribution in [2.45, 2.75) is 39.7 Å². The van der Waals surface area contributed by atoms with E-state index >= 15 is 0 Å². The smallest absolute Gasteiger partial charge is 0.265 e. The zero-order valence-corrected chi connectivity index (χ0v) is 13.9. The summed E-state index contributed by atoms with van der Waals surface area (Å²) in [7, 11) is 0. The van der Waals surface area contributed by atoms with Crippen molar-refractivity contribution in [2.24, 2.45) is 0 Å². The molecule has 0 heterocycles. The lowest BCUT2D eigenvalue weighted by molar-refractivity contribution is -0.122. The minimum atomic E-state index is -0.728. The SMILES string of the molecule is Cc1ccc(C(C)C)c(OC(C)C(=O)Nc2ccccc2F)c1. The molecular weight excluding hydrogens is 293 g/mol. The van der Waals surface area contributed by atoms with Crippen LogP contribution >= 0.6 is 0 Å².